The zero-order valence-corrected chi connectivity index (χ0v) is 15.4. The molecule has 0 fully saturated rings. The molecule has 3 nitrogen and oxygen atoms in total. The van der Waals surface area contributed by atoms with Crippen LogP contribution >= 0.6 is 11.6 Å². The highest BCUT2D eigenvalue weighted by Gasteiger charge is 2.20. The van der Waals surface area contributed by atoms with E-state index in [2.05, 4.69) is 4.98 Å². The van der Waals surface area contributed by atoms with Crippen molar-refractivity contribution in [3.05, 3.63) is 100 Å². The van der Waals surface area contributed by atoms with E-state index in [1.165, 1.54) is 0 Å². The highest BCUT2D eigenvalue weighted by molar-refractivity contribution is 6.32. The minimum atomic E-state index is -0.142. The Hall–Kier alpha value is -3.17. The second-order valence-corrected chi connectivity index (χ2v) is 6.73. The molecule has 0 radical (unpaired) electrons. The quantitative estimate of drug-likeness (QED) is 0.315. The summed E-state index contributed by atoms with van der Waals surface area (Å²) in [5.74, 6) is 0.160. The number of allylic oxidation sites excluding steroid dienone is 1. The van der Waals surface area contributed by atoms with Gasteiger partial charge in [0, 0.05) is 10.6 Å². The van der Waals surface area contributed by atoms with Gasteiger partial charge < -0.3 is 4.42 Å². The molecule has 3 aromatic carbocycles. The second kappa shape index (κ2) is 7.22. The van der Waals surface area contributed by atoms with E-state index >= 15 is 0 Å². The molecule has 4 heteroatoms. The van der Waals surface area contributed by atoms with Gasteiger partial charge in [-0.3, -0.25) is 4.79 Å². The lowest BCUT2D eigenvalue weighted by Gasteiger charge is -2.05. The molecular weight excluding hydrogens is 358 g/mol. The summed E-state index contributed by atoms with van der Waals surface area (Å²) in [6.45, 7) is 1.99. The molecule has 0 atom stereocenters. The van der Waals surface area contributed by atoms with Crippen molar-refractivity contribution >= 4 is 40.1 Å². The summed E-state index contributed by atoms with van der Waals surface area (Å²) in [6, 6.07) is 22.2. The summed E-state index contributed by atoms with van der Waals surface area (Å²) in [5, 5.41) is 0.639. The number of nitrogens with zero attached hydrogens (tertiary/aromatic N) is 1. The van der Waals surface area contributed by atoms with Crippen LogP contribution in [0.5, 0.6) is 0 Å². The maximum Gasteiger partial charge on any atom is 0.231 e. The lowest BCUT2D eigenvalue weighted by atomic mass is 10.00. The van der Waals surface area contributed by atoms with Gasteiger partial charge in [0.1, 0.15) is 5.52 Å². The van der Waals surface area contributed by atoms with Gasteiger partial charge in [-0.15, -0.1) is 0 Å². The summed E-state index contributed by atoms with van der Waals surface area (Å²) in [6.07, 6.45) is 1.78. The van der Waals surface area contributed by atoms with Gasteiger partial charge in [-0.1, -0.05) is 65.7 Å². The normalized spacial score (nSPS) is 11.7. The molecule has 1 aromatic heterocycles. The van der Waals surface area contributed by atoms with Gasteiger partial charge >= 0.3 is 0 Å². The SMILES string of the molecule is Cc1ccc(C(=O)C(=Cc2ccc(Cl)cc2)c2nc3ccccc3o2)cc1. The maximum atomic E-state index is 13.2. The summed E-state index contributed by atoms with van der Waals surface area (Å²) < 4.78 is 5.87. The van der Waals surface area contributed by atoms with Crippen molar-refractivity contribution in [2.75, 3.05) is 0 Å². The van der Waals surface area contributed by atoms with E-state index in [0.717, 1.165) is 11.1 Å². The zero-order valence-electron chi connectivity index (χ0n) is 14.6. The van der Waals surface area contributed by atoms with Crippen LogP contribution in [0.25, 0.3) is 22.7 Å². The van der Waals surface area contributed by atoms with E-state index in [0.29, 0.717) is 33.1 Å². The average molecular weight is 374 g/mol. The van der Waals surface area contributed by atoms with Gasteiger partial charge in [0.25, 0.3) is 0 Å². The second-order valence-electron chi connectivity index (χ2n) is 6.29. The van der Waals surface area contributed by atoms with Crippen molar-refractivity contribution in [2.24, 2.45) is 0 Å². The zero-order chi connectivity index (χ0) is 18.8. The monoisotopic (exact) mass is 373 g/mol. The van der Waals surface area contributed by atoms with E-state index in [4.69, 9.17) is 16.0 Å². The Kier molecular flexibility index (Phi) is 4.61. The lowest BCUT2D eigenvalue weighted by Crippen LogP contribution is -2.03. The van der Waals surface area contributed by atoms with Crippen molar-refractivity contribution in [3.63, 3.8) is 0 Å². The van der Waals surface area contributed by atoms with Crippen LogP contribution in [0, 0.1) is 6.92 Å². The topological polar surface area (TPSA) is 43.1 Å². The first-order valence-electron chi connectivity index (χ1n) is 8.55. The minimum Gasteiger partial charge on any atom is -0.436 e. The molecule has 0 spiro atoms. The third-order valence-corrected chi connectivity index (χ3v) is 4.52. The number of benzene rings is 3. The number of fused-ring (bicyclic) bond motifs is 1. The van der Waals surface area contributed by atoms with Crippen LogP contribution in [-0.4, -0.2) is 10.8 Å². The predicted octanol–water partition coefficient (Wildman–Crippen LogP) is 6.21. The van der Waals surface area contributed by atoms with E-state index in [-0.39, 0.29) is 5.78 Å². The Balaban J connectivity index is 1.84. The van der Waals surface area contributed by atoms with E-state index in [1.54, 1.807) is 18.2 Å². The Morgan fingerprint density at radius 2 is 1.67 bits per heavy atom. The lowest BCUT2D eigenvalue weighted by molar-refractivity contribution is 0.105. The molecule has 0 aliphatic rings. The number of rotatable bonds is 4. The standard InChI is InChI=1S/C23H16ClNO2/c1-15-6-10-17(11-7-15)22(26)19(14-16-8-12-18(24)13-9-16)23-25-20-4-2-3-5-21(20)27-23/h2-14H,1H3. The van der Waals surface area contributed by atoms with Gasteiger partial charge in [0.05, 0.1) is 5.57 Å². The summed E-state index contributed by atoms with van der Waals surface area (Å²) in [5.41, 5.74) is 4.28. The van der Waals surface area contributed by atoms with Crippen molar-refractivity contribution < 1.29 is 9.21 Å². The molecule has 0 aliphatic carbocycles. The molecule has 0 unspecified atom stereocenters. The van der Waals surface area contributed by atoms with Crippen LogP contribution in [0.3, 0.4) is 0 Å². The molecule has 0 saturated heterocycles. The van der Waals surface area contributed by atoms with Crippen LogP contribution in [0.15, 0.2) is 77.2 Å². The van der Waals surface area contributed by atoms with Gasteiger partial charge in [0.15, 0.2) is 11.4 Å². The number of Topliss-reactive ketones (excluding diaryl/α,β-unsaturated/α-hetero) is 1. The molecule has 1 heterocycles. The predicted molar refractivity (Wildman–Crippen MR) is 109 cm³/mol. The Morgan fingerprint density at radius 3 is 2.37 bits per heavy atom. The third kappa shape index (κ3) is 3.69. The molecule has 4 rings (SSSR count). The van der Waals surface area contributed by atoms with Crippen LogP contribution in [0.2, 0.25) is 5.02 Å². The fourth-order valence-corrected chi connectivity index (χ4v) is 2.92. The number of aryl methyl sites for hydroxylation is 1. The van der Waals surface area contributed by atoms with Crippen LogP contribution in [0.4, 0.5) is 0 Å². The molecule has 0 amide bonds. The number of para-hydroxylation sites is 2. The van der Waals surface area contributed by atoms with Crippen molar-refractivity contribution in [1.29, 1.82) is 0 Å². The molecule has 27 heavy (non-hydrogen) atoms. The first kappa shape index (κ1) is 17.3. The van der Waals surface area contributed by atoms with Crippen LogP contribution in [0.1, 0.15) is 27.4 Å². The summed E-state index contributed by atoms with van der Waals surface area (Å²) in [4.78, 5) is 17.7. The van der Waals surface area contributed by atoms with Gasteiger partial charge in [-0.2, -0.15) is 0 Å². The molecule has 132 valence electrons. The molecule has 4 aromatic rings. The van der Waals surface area contributed by atoms with Crippen molar-refractivity contribution in [3.8, 4) is 0 Å². The van der Waals surface area contributed by atoms with Crippen LogP contribution < -0.4 is 0 Å². The highest BCUT2D eigenvalue weighted by Crippen LogP contribution is 2.26. The van der Waals surface area contributed by atoms with E-state index in [9.17, 15) is 4.79 Å². The Morgan fingerprint density at radius 1 is 0.963 bits per heavy atom. The fraction of sp³-hybridized carbons (Fsp3) is 0.0435. The molecule has 0 N–H and O–H groups in total. The minimum absolute atomic E-state index is 0.142. The number of aromatic nitrogens is 1. The first-order chi connectivity index (χ1) is 13.1. The van der Waals surface area contributed by atoms with Crippen LogP contribution in [-0.2, 0) is 0 Å². The number of carbonyl (C=O) groups is 1. The maximum absolute atomic E-state index is 13.2. The molecule has 0 aliphatic heterocycles. The fourth-order valence-electron chi connectivity index (χ4n) is 2.80. The number of hydrogen-bond acceptors (Lipinski definition) is 3. The van der Waals surface area contributed by atoms with Gasteiger partial charge in [0.2, 0.25) is 5.89 Å². The highest BCUT2D eigenvalue weighted by atomic mass is 35.5. The number of carbonyl (C=O) groups excluding carboxylic acids is 1. The summed E-state index contributed by atoms with van der Waals surface area (Å²) in [7, 11) is 0. The third-order valence-electron chi connectivity index (χ3n) is 4.26. The van der Waals surface area contributed by atoms with Gasteiger partial charge in [-0.05, 0) is 42.8 Å². The molecular formula is C23H16ClNO2. The number of hydrogen-bond donors (Lipinski definition) is 0. The first-order valence-corrected chi connectivity index (χ1v) is 8.92. The van der Waals surface area contributed by atoms with Crippen molar-refractivity contribution in [1.82, 2.24) is 4.98 Å². The number of oxazole rings is 1. The average Bonchev–Trinajstić information content (AvgIpc) is 3.11. The largest absolute Gasteiger partial charge is 0.436 e. The summed E-state index contributed by atoms with van der Waals surface area (Å²) >= 11 is 5.97. The number of ketones is 1. The smallest absolute Gasteiger partial charge is 0.231 e. The molecule has 0 saturated carbocycles. The van der Waals surface area contributed by atoms with E-state index < -0.39 is 0 Å². The molecule has 0 bridgehead atoms. The van der Waals surface area contributed by atoms with E-state index in [1.807, 2.05) is 67.6 Å². The Labute approximate surface area is 161 Å². The Bertz CT molecular complexity index is 1110. The van der Waals surface area contributed by atoms with Crippen molar-refractivity contribution in [2.45, 2.75) is 6.92 Å². The number of halogens is 1. The van der Waals surface area contributed by atoms with Gasteiger partial charge in [-0.25, -0.2) is 4.98 Å².